The Hall–Kier alpha value is -1.39. The summed E-state index contributed by atoms with van der Waals surface area (Å²) in [7, 11) is 0. The first-order valence-electron chi connectivity index (χ1n) is 6.43. The third-order valence-corrected chi connectivity index (χ3v) is 3.30. The summed E-state index contributed by atoms with van der Waals surface area (Å²) in [6.45, 7) is 7.57. The molecule has 1 aromatic rings. The summed E-state index contributed by atoms with van der Waals surface area (Å²) in [6, 6.07) is 0. The average molecular weight is 410 g/mol. The number of ether oxygens (including phenoxy) is 2. The zero-order valence-electron chi connectivity index (χ0n) is 12.5. The minimum atomic E-state index is -0.557. The van der Waals surface area contributed by atoms with Gasteiger partial charge in [0.1, 0.15) is 21.5 Å². The molecule has 0 saturated carbocycles. The Balaban J connectivity index is 2.56. The van der Waals surface area contributed by atoms with Crippen molar-refractivity contribution in [1.82, 2.24) is 20.3 Å². The van der Waals surface area contributed by atoms with E-state index in [0.717, 1.165) is 0 Å². The van der Waals surface area contributed by atoms with Crippen LogP contribution in [0.3, 0.4) is 0 Å². The predicted octanol–water partition coefficient (Wildman–Crippen LogP) is 1.47. The van der Waals surface area contributed by atoms with Crippen molar-refractivity contribution in [1.29, 1.82) is 0 Å². The fourth-order valence-electron chi connectivity index (χ4n) is 1.35. The molecule has 0 fully saturated rings. The van der Waals surface area contributed by atoms with Gasteiger partial charge in [-0.25, -0.2) is 9.48 Å². The van der Waals surface area contributed by atoms with Crippen LogP contribution in [0.4, 0.5) is 4.79 Å². The van der Waals surface area contributed by atoms with Crippen molar-refractivity contribution in [2.75, 3.05) is 6.61 Å². The highest BCUT2D eigenvalue weighted by Gasteiger charge is 2.18. The van der Waals surface area contributed by atoms with Crippen LogP contribution in [-0.4, -0.2) is 39.3 Å². The summed E-state index contributed by atoms with van der Waals surface area (Å²) in [5, 5.41) is 10.4. The van der Waals surface area contributed by atoms with Gasteiger partial charge in [0.05, 0.1) is 13.2 Å². The molecule has 0 unspecified atom stereocenters. The van der Waals surface area contributed by atoms with Gasteiger partial charge in [0.15, 0.2) is 0 Å². The van der Waals surface area contributed by atoms with E-state index < -0.39 is 11.7 Å². The Labute approximate surface area is 136 Å². The van der Waals surface area contributed by atoms with Crippen LogP contribution in [0.2, 0.25) is 0 Å². The lowest BCUT2D eigenvalue weighted by Crippen LogP contribution is -2.32. The number of hydrogen-bond acceptors (Lipinski definition) is 6. The fourth-order valence-corrected chi connectivity index (χ4v) is 1.91. The Morgan fingerprint density at radius 3 is 2.62 bits per heavy atom. The van der Waals surface area contributed by atoms with Crippen LogP contribution in [0.15, 0.2) is 0 Å². The van der Waals surface area contributed by atoms with E-state index in [0.29, 0.717) is 16.0 Å². The number of amides is 1. The lowest BCUT2D eigenvalue weighted by atomic mass is 10.2. The van der Waals surface area contributed by atoms with Crippen molar-refractivity contribution in [3.8, 4) is 0 Å². The van der Waals surface area contributed by atoms with Gasteiger partial charge in [0.2, 0.25) is 0 Å². The van der Waals surface area contributed by atoms with Gasteiger partial charge in [-0.1, -0.05) is 5.21 Å². The first-order valence-corrected chi connectivity index (χ1v) is 7.51. The van der Waals surface area contributed by atoms with Gasteiger partial charge >= 0.3 is 12.1 Å². The lowest BCUT2D eigenvalue weighted by Gasteiger charge is -2.19. The smallest absolute Gasteiger partial charge is 0.407 e. The molecule has 0 aliphatic carbocycles. The molecule has 0 atom stereocenters. The van der Waals surface area contributed by atoms with Crippen LogP contribution >= 0.6 is 22.6 Å². The van der Waals surface area contributed by atoms with Crippen LogP contribution in [0, 0.1) is 3.70 Å². The van der Waals surface area contributed by atoms with Gasteiger partial charge in [0, 0.05) is 0 Å². The van der Waals surface area contributed by atoms with E-state index in [-0.39, 0.29) is 19.1 Å². The summed E-state index contributed by atoms with van der Waals surface area (Å²) in [5.41, 5.74) is 0.00410. The number of halogens is 1. The van der Waals surface area contributed by atoms with Crippen molar-refractivity contribution in [2.45, 2.75) is 46.4 Å². The maximum atomic E-state index is 11.5. The van der Waals surface area contributed by atoms with Gasteiger partial charge < -0.3 is 14.8 Å². The minimum Gasteiger partial charge on any atom is -0.465 e. The highest BCUT2D eigenvalue weighted by Crippen LogP contribution is 2.10. The van der Waals surface area contributed by atoms with E-state index in [1.807, 2.05) is 22.6 Å². The Bertz CT molecular complexity index is 510. The van der Waals surface area contributed by atoms with Crippen molar-refractivity contribution >= 4 is 34.7 Å². The average Bonchev–Trinajstić information content (AvgIpc) is 2.66. The Kier molecular flexibility index (Phi) is 6.37. The number of hydrogen-bond donors (Lipinski definition) is 1. The topological polar surface area (TPSA) is 95.3 Å². The molecule has 9 heteroatoms. The van der Waals surface area contributed by atoms with Gasteiger partial charge in [-0.3, -0.25) is 4.79 Å². The predicted molar refractivity (Wildman–Crippen MR) is 82.4 cm³/mol. The van der Waals surface area contributed by atoms with Gasteiger partial charge in [-0.2, -0.15) is 0 Å². The summed E-state index contributed by atoms with van der Waals surface area (Å²) < 4.78 is 12.0. The van der Waals surface area contributed by atoms with E-state index in [2.05, 4.69) is 15.6 Å². The third-order valence-electron chi connectivity index (χ3n) is 2.12. The first-order chi connectivity index (χ1) is 9.73. The zero-order valence-corrected chi connectivity index (χ0v) is 14.6. The van der Waals surface area contributed by atoms with Crippen molar-refractivity contribution in [3.63, 3.8) is 0 Å². The Morgan fingerprint density at radius 2 is 2.05 bits per heavy atom. The number of carbonyl (C=O) groups is 2. The van der Waals surface area contributed by atoms with Crippen LogP contribution in [0.25, 0.3) is 0 Å². The van der Waals surface area contributed by atoms with Gasteiger partial charge in [-0.05, 0) is 50.3 Å². The molecule has 1 N–H and O–H groups in total. The van der Waals surface area contributed by atoms with Crippen LogP contribution in [0.1, 0.15) is 33.4 Å². The standard InChI is InChI=1S/C12H19IN4O4/c1-5-20-9(18)7-17-10(13)8(15-16-17)6-14-11(19)21-12(2,3)4/h5-7H2,1-4H3,(H,14,19). The number of rotatable bonds is 5. The van der Waals surface area contributed by atoms with Crippen molar-refractivity contribution < 1.29 is 19.1 Å². The number of nitrogens with zero attached hydrogens (tertiary/aromatic N) is 3. The van der Waals surface area contributed by atoms with Crippen molar-refractivity contribution in [2.24, 2.45) is 0 Å². The molecule has 8 nitrogen and oxygen atoms in total. The number of aromatic nitrogens is 3. The molecule has 1 rings (SSSR count). The molecule has 0 aliphatic rings. The van der Waals surface area contributed by atoms with Crippen LogP contribution in [-0.2, 0) is 27.4 Å². The molecule has 0 aliphatic heterocycles. The highest BCUT2D eigenvalue weighted by molar-refractivity contribution is 14.1. The van der Waals surface area contributed by atoms with Crippen LogP contribution < -0.4 is 5.32 Å². The normalized spacial score (nSPS) is 11.1. The van der Waals surface area contributed by atoms with Gasteiger partial charge in [0.25, 0.3) is 0 Å². The number of esters is 1. The summed E-state index contributed by atoms with van der Waals surface area (Å²) >= 11 is 2.01. The minimum absolute atomic E-state index is 0.00838. The molecular formula is C12H19IN4O4. The molecule has 1 heterocycles. The number of nitrogens with one attached hydrogen (secondary N) is 1. The zero-order chi connectivity index (χ0) is 16.0. The molecule has 0 saturated heterocycles. The van der Waals surface area contributed by atoms with Crippen molar-refractivity contribution in [3.05, 3.63) is 9.39 Å². The second kappa shape index (κ2) is 7.57. The monoisotopic (exact) mass is 410 g/mol. The van der Waals surface area contributed by atoms with E-state index in [4.69, 9.17) is 9.47 Å². The maximum Gasteiger partial charge on any atom is 0.407 e. The maximum absolute atomic E-state index is 11.5. The van der Waals surface area contributed by atoms with E-state index in [1.54, 1.807) is 27.7 Å². The summed E-state index contributed by atoms with van der Waals surface area (Å²) in [4.78, 5) is 22.9. The molecule has 21 heavy (non-hydrogen) atoms. The second-order valence-corrected chi connectivity index (χ2v) is 6.17. The van der Waals surface area contributed by atoms with E-state index >= 15 is 0 Å². The first kappa shape index (κ1) is 17.7. The summed E-state index contributed by atoms with van der Waals surface area (Å²) in [6.07, 6.45) is -0.529. The van der Waals surface area contributed by atoms with Gasteiger partial charge in [-0.15, -0.1) is 5.10 Å². The molecule has 0 aromatic carbocycles. The number of alkyl carbamates (subject to hydrolysis) is 1. The molecule has 0 bridgehead atoms. The lowest BCUT2D eigenvalue weighted by molar-refractivity contribution is -0.144. The van der Waals surface area contributed by atoms with E-state index in [9.17, 15) is 9.59 Å². The Morgan fingerprint density at radius 1 is 1.38 bits per heavy atom. The van der Waals surface area contributed by atoms with E-state index in [1.165, 1.54) is 4.68 Å². The largest absolute Gasteiger partial charge is 0.465 e. The SMILES string of the molecule is CCOC(=O)Cn1nnc(CNC(=O)OC(C)(C)C)c1I. The molecule has 0 radical (unpaired) electrons. The molecule has 1 aromatic heterocycles. The third kappa shape index (κ3) is 6.27. The molecule has 0 spiro atoms. The molecule has 1 amide bonds. The van der Waals surface area contributed by atoms with Crippen LogP contribution in [0.5, 0.6) is 0 Å². The second-order valence-electron chi connectivity index (χ2n) is 5.15. The molecular weight excluding hydrogens is 391 g/mol. The number of carbonyl (C=O) groups excluding carboxylic acids is 2. The fraction of sp³-hybridized carbons (Fsp3) is 0.667. The molecule has 118 valence electrons. The quantitative estimate of drug-likeness (QED) is 0.584. The highest BCUT2D eigenvalue weighted by atomic mass is 127. The summed E-state index contributed by atoms with van der Waals surface area (Å²) in [5.74, 6) is -0.382.